The predicted octanol–water partition coefficient (Wildman–Crippen LogP) is 1.93. The van der Waals surface area contributed by atoms with Crippen LogP contribution in [0.5, 0.6) is 0 Å². The molecule has 1 fully saturated rings. The molecule has 1 saturated heterocycles. The lowest BCUT2D eigenvalue weighted by Gasteiger charge is -2.36. The van der Waals surface area contributed by atoms with E-state index in [9.17, 15) is 4.79 Å². The van der Waals surface area contributed by atoms with E-state index in [1.165, 1.54) is 0 Å². The first-order chi connectivity index (χ1) is 9.17. The second-order valence-corrected chi connectivity index (χ2v) is 7.10. The molecule has 0 aromatic carbocycles. The summed E-state index contributed by atoms with van der Waals surface area (Å²) in [5, 5.41) is 3.61. The van der Waals surface area contributed by atoms with Crippen molar-refractivity contribution in [1.29, 1.82) is 0 Å². The molecule has 0 radical (unpaired) electrons. The number of rotatable bonds is 4. The number of hydrogen-bond acceptors (Lipinski definition) is 4. The van der Waals surface area contributed by atoms with E-state index in [-0.39, 0.29) is 6.09 Å². The van der Waals surface area contributed by atoms with E-state index < -0.39 is 5.60 Å². The minimum absolute atomic E-state index is 0.190. The molecule has 1 rings (SSSR count). The summed E-state index contributed by atoms with van der Waals surface area (Å²) in [6, 6.07) is 0.791. The Labute approximate surface area is 123 Å². The average Bonchev–Trinajstić information content (AvgIpc) is 2.25. The molecule has 118 valence electrons. The monoisotopic (exact) mass is 285 g/mol. The predicted molar refractivity (Wildman–Crippen MR) is 82.0 cm³/mol. The normalized spacial score (nSPS) is 21.9. The molecule has 5 heteroatoms. The molecule has 0 aliphatic carbocycles. The fraction of sp³-hybridized carbons (Fsp3) is 0.933. The first-order valence-corrected chi connectivity index (χ1v) is 7.56. The number of carbonyl (C=O) groups excluding carboxylic acids is 1. The van der Waals surface area contributed by atoms with Crippen LogP contribution in [0.3, 0.4) is 0 Å². The molecule has 0 spiro atoms. The number of ether oxygens (including phenoxy) is 1. The van der Waals surface area contributed by atoms with Crippen LogP contribution in [0.15, 0.2) is 0 Å². The molecular formula is C15H31N3O2. The molecule has 1 heterocycles. The Hall–Kier alpha value is -0.810. The Morgan fingerprint density at radius 2 is 2.10 bits per heavy atom. The molecule has 20 heavy (non-hydrogen) atoms. The van der Waals surface area contributed by atoms with Gasteiger partial charge in [0.05, 0.1) is 0 Å². The minimum atomic E-state index is -0.421. The van der Waals surface area contributed by atoms with E-state index in [1.54, 1.807) is 0 Å². The van der Waals surface area contributed by atoms with E-state index in [0.717, 1.165) is 32.5 Å². The van der Waals surface area contributed by atoms with Crippen LogP contribution in [-0.4, -0.2) is 67.3 Å². The Balaban J connectivity index is 2.44. The van der Waals surface area contributed by atoms with Gasteiger partial charge in [-0.05, 0) is 54.6 Å². The highest BCUT2D eigenvalue weighted by Crippen LogP contribution is 2.15. The summed E-state index contributed by atoms with van der Waals surface area (Å²) in [6.07, 6.45) is 1.96. The van der Waals surface area contributed by atoms with Crippen LogP contribution in [0.2, 0.25) is 0 Å². The van der Waals surface area contributed by atoms with E-state index in [4.69, 9.17) is 4.74 Å². The van der Waals surface area contributed by atoms with Gasteiger partial charge in [0.15, 0.2) is 0 Å². The number of carbonyl (C=O) groups is 1. The molecule has 5 nitrogen and oxygen atoms in total. The molecule has 0 aromatic heterocycles. The molecule has 1 N–H and O–H groups in total. The smallest absolute Gasteiger partial charge is 0.410 e. The Bertz CT molecular complexity index is 313. The number of nitrogens with zero attached hydrogens (tertiary/aromatic N) is 2. The quantitative estimate of drug-likeness (QED) is 0.857. The largest absolute Gasteiger partial charge is 0.444 e. The van der Waals surface area contributed by atoms with Gasteiger partial charge in [0.2, 0.25) is 0 Å². The first-order valence-electron chi connectivity index (χ1n) is 7.56. The fourth-order valence-corrected chi connectivity index (χ4v) is 2.61. The lowest BCUT2D eigenvalue weighted by Crippen LogP contribution is -2.52. The van der Waals surface area contributed by atoms with Gasteiger partial charge in [-0.2, -0.15) is 0 Å². The van der Waals surface area contributed by atoms with Crippen molar-refractivity contribution in [1.82, 2.24) is 15.1 Å². The zero-order valence-corrected chi connectivity index (χ0v) is 13.9. The van der Waals surface area contributed by atoms with Crippen molar-refractivity contribution in [3.63, 3.8) is 0 Å². The van der Waals surface area contributed by atoms with Crippen LogP contribution in [0.4, 0.5) is 4.79 Å². The maximum absolute atomic E-state index is 12.1. The fourth-order valence-electron chi connectivity index (χ4n) is 2.61. The standard InChI is InChI=1S/C15H31N3O2/c1-12(10-17(5)6)16-13-8-7-9-18(11-13)14(19)20-15(2,3)4/h12-13,16H,7-11H2,1-6H3. The Morgan fingerprint density at radius 3 is 2.65 bits per heavy atom. The van der Waals surface area contributed by atoms with E-state index in [1.807, 2.05) is 25.7 Å². The van der Waals surface area contributed by atoms with Gasteiger partial charge < -0.3 is 19.9 Å². The molecule has 0 aromatic rings. The topological polar surface area (TPSA) is 44.8 Å². The van der Waals surface area contributed by atoms with Crippen molar-refractivity contribution < 1.29 is 9.53 Å². The molecule has 0 bridgehead atoms. The lowest BCUT2D eigenvalue weighted by atomic mass is 10.1. The van der Waals surface area contributed by atoms with Crippen molar-refractivity contribution in [2.75, 3.05) is 33.7 Å². The van der Waals surface area contributed by atoms with E-state index >= 15 is 0 Å². The average molecular weight is 285 g/mol. The molecule has 1 amide bonds. The van der Waals surface area contributed by atoms with E-state index in [0.29, 0.717) is 12.1 Å². The van der Waals surface area contributed by atoms with Gasteiger partial charge in [0.25, 0.3) is 0 Å². The van der Waals surface area contributed by atoms with Gasteiger partial charge in [-0.25, -0.2) is 4.79 Å². The van der Waals surface area contributed by atoms with Crippen LogP contribution in [0, 0.1) is 0 Å². The zero-order valence-electron chi connectivity index (χ0n) is 13.9. The maximum Gasteiger partial charge on any atom is 0.410 e. The highest BCUT2D eigenvalue weighted by Gasteiger charge is 2.28. The van der Waals surface area contributed by atoms with Gasteiger partial charge in [-0.15, -0.1) is 0 Å². The molecule has 0 saturated carbocycles. The van der Waals surface area contributed by atoms with Crippen LogP contribution in [-0.2, 0) is 4.74 Å². The maximum atomic E-state index is 12.1. The van der Waals surface area contributed by atoms with Crippen molar-refractivity contribution >= 4 is 6.09 Å². The summed E-state index contributed by atoms with van der Waals surface area (Å²) in [4.78, 5) is 16.1. The lowest BCUT2D eigenvalue weighted by molar-refractivity contribution is 0.0183. The SMILES string of the molecule is CC(CN(C)C)NC1CCCN(C(=O)OC(C)(C)C)C1. The van der Waals surface area contributed by atoms with Crippen LogP contribution in [0.25, 0.3) is 0 Å². The Kier molecular flexibility index (Phi) is 6.27. The zero-order chi connectivity index (χ0) is 15.3. The second-order valence-electron chi connectivity index (χ2n) is 7.10. The van der Waals surface area contributed by atoms with Crippen LogP contribution < -0.4 is 5.32 Å². The van der Waals surface area contributed by atoms with Crippen molar-refractivity contribution in [3.05, 3.63) is 0 Å². The van der Waals surface area contributed by atoms with Crippen molar-refractivity contribution in [2.45, 2.75) is 58.2 Å². The minimum Gasteiger partial charge on any atom is -0.444 e. The summed E-state index contributed by atoms with van der Waals surface area (Å²) in [5.74, 6) is 0. The summed E-state index contributed by atoms with van der Waals surface area (Å²) in [5.41, 5.74) is -0.421. The van der Waals surface area contributed by atoms with Crippen LogP contribution in [0.1, 0.15) is 40.5 Å². The summed E-state index contributed by atoms with van der Waals surface area (Å²) >= 11 is 0. The molecular weight excluding hydrogens is 254 g/mol. The van der Waals surface area contributed by atoms with Crippen molar-refractivity contribution in [3.8, 4) is 0 Å². The van der Waals surface area contributed by atoms with E-state index in [2.05, 4.69) is 31.2 Å². The van der Waals surface area contributed by atoms with Gasteiger partial charge in [0, 0.05) is 31.7 Å². The third-order valence-corrected chi connectivity index (χ3v) is 3.23. The highest BCUT2D eigenvalue weighted by molar-refractivity contribution is 5.68. The summed E-state index contributed by atoms with van der Waals surface area (Å²) < 4.78 is 5.45. The van der Waals surface area contributed by atoms with Gasteiger partial charge >= 0.3 is 6.09 Å². The number of piperidine rings is 1. The van der Waals surface area contributed by atoms with Crippen LogP contribution >= 0.6 is 0 Å². The molecule has 2 unspecified atom stereocenters. The first kappa shape index (κ1) is 17.2. The molecule has 2 atom stereocenters. The highest BCUT2D eigenvalue weighted by atomic mass is 16.6. The van der Waals surface area contributed by atoms with Crippen molar-refractivity contribution in [2.24, 2.45) is 0 Å². The summed E-state index contributed by atoms with van der Waals surface area (Å²) in [7, 11) is 4.15. The number of amides is 1. The van der Waals surface area contributed by atoms with Gasteiger partial charge in [0.1, 0.15) is 5.60 Å². The third kappa shape index (κ3) is 6.57. The number of likely N-dealkylation sites (tertiary alicyclic amines) is 1. The van der Waals surface area contributed by atoms with Gasteiger partial charge in [-0.1, -0.05) is 0 Å². The summed E-state index contributed by atoms with van der Waals surface area (Å²) in [6.45, 7) is 10.5. The molecule has 1 aliphatic heterocycles. The third-order valence-electron chi connectivity index (χ3n) is 3.23. The number of hydrogen-bond donors (Lipinski definition) is 1. The molecule has 1 aliphatic rings. The van der Waals surface area contributed by atoms with Gasteiger partial charge in [-0.3, -0.25) is 0 Å². The second kappa shape index (κ2) is 7.27. The number of likely N-dealkylation sites (N-methyl/N-ethyl adjacent to an activating group) is 1. The Morgan fingerprint density at radius 1 is 1.45 bits per heavy atom. The number of nitrogens with one attached hydrogen (secondary N) is 1.